The molecule has 1 aliphatic heterocycles. The largest absolute Gasteiger partial charge is 0.457 e. The van der Waals surface area contributed by atoms with E-state index in [1.54, 1.807) is 0 Å². The van der Waals surface area contributed by atoms with Gasteiger partial charge in [-0.1, -0.05) is 6.92 Å². The number of nitrogens with zero attached hydrogens (tertiary/aromatic N) is 3. The Balaban J connectivity index is 1.85. The molecule has 0 aromatic carbocycles. The minimum atomic E-state index is 0.653. The molecule has 0 amide bonds. The monoisotopic (exact) mass is 260 g/mol. The maximum atomic E-state index is 5.90. The summed E-state index contributed by atoms with van der Waals surface area (Å²) in [6, 6.07) is 2.10. The fourth-order valence-electron chi connectivity index (χ4n) is 2.64. The summed E-state index contributed by atoms with van der Waals surface area (Å²) in [5.41, 5.74) is 1.28. The van der Waals surface area contributed by atoms with Gasteiger partial charge in [-0.15, -0.1) is 0 Å². The van der Waals surface area contributed by atoms with E-state index in [4.69, 9.17) is 4.42 Å². The first-order valence-electron chi connectivity index (χ1n) is 6.99. The number of likely N-dealkylation sites (tertiary alicyclic amines) is 1. The average Bonchev–Trinajstić information content (AvgIpc) is 3.10. The number of hydrogen-bond acceptors (Lipinski definition) is 4. The summed E-state index contributed by atoms with van der Waals surface area (Å²) < 4.78 is 5.90. The average molecular weight is 260 g/mol. The van der Waals surface area contributed by atoms with Crippen molar-refractivity contribution in [3.05, 3.63) is 23.2 Å². The Labute approximate surface area is 113 Å². The van der Waals surface area contributed by atoms with Crippen LogP contribution in [0.3, 0.4) is 0 Å². The van der Waals surface area contributed by atoms with Crippen LogP contribution in [0.2, 0.25) is 0 Å². The predicted octanol–water partition coefficient (Wildman–Crippen LogP) is 2.53. The molecule has 0 saturated carbocycles. The summed E-state index contributed by atoms with van der Waals surface area (Å²) >= 11 is 0. The first-order chi connectivity index (χ1) is 9.26. The zero-order valence-corrected chi connectivity index (χ0v) is 11.6. The third-order valence-electron chi connectivity index (χ3n) is 3.63. The lowest BCUT2D eigenvalue weighted by molar-refractivity contribution is 0.327. The minimum absolute atomic E-state index is 0.653. The summed E-state index contributed by atoms with van der Waals surface area (Å²) in [6.45, 7) is 7.40. The van der Waals surface area contributed by atoms with Gasteiger partial charge in [0.05, 0.1) is 0 Å². The second-order valence-corrected chi connectivity index (χ2v) is 5.14. The summed E-state index contributed by atoms with van der Waals surface area (Å²) in [5.74, 6) is 3.30. The molecule has 0 spiro atoms. The van der Waals surface area contributed by atoms with Crippen molar-refractivity contribution in [2.75, 3.05) is 13.1 Å². The van der Waals surface area contributed by atoms with Crippen molar-refractivity contribution in [1.29, 1.82) is 0 Å². The zero-order valence-electron chi connectivity index (χ0n) is 11.6. The maximum Gasteiger partial charge on any atom is 0.216 e. The van der Waals surface area contributed by atoms with E-state index in [0.29, 0.717) is 5.82 Å². The van der Waals surface area contributed by atoms with Crippen LogP contribution in [0, 0.1) is 6.92 Å². The molecule has 5 nitrogen and oxygen atoms in total. The van der Waals surface area contributed by atoms with Gasteiger partial charge in [-0.05, 0) is 38.9 Å². The highest BCUT2D eigenvalue weighted by Crippen LogP contribution is 2.25. The molecule has 1 aliphatic rings. The van der Waals surface area contributed by atoms with Gasteiger partial charge in [0.25, 0.3) is 0 Å². The molecule has 2 aromatic rings. The van der Waals surface area contributed by atoms with Gasteiger partial charge in [-0.25, -0.2) is 4.98 Å². The zero-order chi connectivity index (χ0) is 13.2. The number of rotatable bonds is 4. The molecule has 0 unspecified atom stereocenters. The van der Waals surface area contributed by atoms with Gasteiger partial charge in [0, 0.05) is 18.5 Å². The summed E-state index contributed by atoms with van der Waals surface area (Å²) in [6.07, 6.45) is 3.53. The van der Waals surface area contributed by atoms with Gasteiger partial charge in [0.2, 0.25) is 5.82 Å². The van der Waals surface area contributed by atoms with E-state index in [-0.39, 0.29) is 0 Å². The summed E-state index contributed by atoms with van der Waals surface area (Å²) in [7, 11) is 0. The predicted molar refractivity (Wildman–Crippen MR) is 72.7 cm³/mol. The lowest BCUT2D eigenvalue weighted by Gasteiger charge is -2.13. The van der Waals surface area contributed by atoms with Crippen LogP contribution >= 0.6 is 0 Å². The Morgan fingerprint density at radius 3 is 2.79 bits per heavy atom. The third-order valence-corrected chi connectivity index (χ3v) is 3.63. The first kappa shape index (κ1) is 12.4. The van der Waals surface area contributed by atoms with Crippen molar-refractivity contribution in [3.63, 3.8) is 0 Å². The molecule has 5 heteroatoms. The lowest BCUT2D eigenvalue weighted by Crippen LogP contribution is -2.18. The van der Waals surface area contributed by atoms with Crippen molar-refractivity contribution in [3.8, 4) is 11.6 Å². The van der Waals surface area contributed by atoms with Gasteiger partial charge in [0.15, 0.2) is 5.76 Å². The Morgan fingerprint density at radius 2 is 2.16 bits per heavy atom. The van der Waals surface area contributed by atoms with Crippen LogP contribution < -0.4 is 0 Å². The van der Waals surface area contributed by atoms with Gasteiger partial charge in [0.1, 0.15) is 11.6 Å². The Bertz CT molecular complexity index is 552. The SMILES string of the molecule is CCc1oc(-c2n[nH]c(C)n2)cc1CN1CCCC1. The highest BCUT2D eigenvalue weighted by Gasteiger charge is 2.18. The molecule has 1 saturated heterocycles. The normalized spacial score (nSPS) is 16.3. The van der Waals surface area contributed by atoms with Gasteiger partial charge in [-0.3, -0.25) is 10.00 Å². The van der Waals surface area contributed by atoms with Crippen LogP contribution in [0.4, 0.5) is 0 Å². The van der Waals surface area contributed by atoms with E-state index >= 15 is 0 Å². The number of nitrogens with one attached hydrogen (secondary N) is 1. The molecule has 3 heterocycles. The standard InChI is InChI=1S/C14H20N4O/c1-3-12-11(9-18-6-4-5-7-18)8-13(19-12)14-15-10(2)16-17-14/h8H,3-7,9H2,1-2H3,(H,15,16,17). The van der Waals surface area contributed by atoms with Crippen molar-refractivity contribution in [2.45, 2.75) is 39.7 Å². The number of hydrogen-bond donors (Lipinski definition) is 1. The first-order valence-corrected chi connectivity index (χ1v) is 6.99. The topological polar surface area (TPSA) is 58.0 Å². The van der Waals surface area contributed by atoms with Gasteiger partial charge >= 0.3 is 0 Å². The van der Waals surface area contributed by atoms with Crippen molar-refractivity contribution in [1.82, 2.24) is 20.1 Å². The molecule has 3 rings (SSSR count). The molecule has 2 aromatic heterocycles. The van der Waals surface area contributed by atoms with Crippen LogP contribution in [0.25, 0.3) is 11.6 Å². The van der Waals surface area contributed by atoms with Gasteiger partial charge < -0.3 is 4.42 Å². The number of aromatic nitrogens is 3. The molecule has 19 heavy (non-hydrogen) atoms. The van der Waals surface area contributed by atoms with E-state index in [2.05, 4.69) is 33.1 Å². The number of furan rings is 1. The van der Waals surface area contributed by atoms with Crippen LogP contribution in [0.1, 0.15) is 36.9 Å². The Kier molecular flexibility index (Phi) is 3.38. The lowest BCUT2D eigenvalue weighted by atomic mass is 10.2. The van der Waals surface area contributed by atoms with E-state index < -0.39 is 0 Å². The van der Waals surface area contributed by atoms with Crippen molar-refractivity contribution in [2.24, 2.45) is 0 Å². The molecular weight excluding hydrogens is 240 g/mol. The Morgan fingerprint density at radius 1 is 1.37 bits per heavy atom. The van der Waals surface area contributed by atoms with Crippen LogP contribution in [-0.4, -0.2) is 33.2 Å². The molecule has 1 N–H and O–H groups in total. The Hall–Kier alpha value is -1.62. The molecule has 0 aliphatic carbocycles. The molecule has 0 bridgehead atoms. The van der Waals surface area contributed by atoms with Crippen molar-refractivity contribution >= 4 is 0 Å². The fourth-order valence-corrected chi connectivity index (χ4v) is 2.64. The molecule has 0 atom stereocenters. The van der Waals surface area contributed by atoms with E-state index in [1.165, 1.54) is 31.5 Å². The number of aromatic amines is 1. The van der Waals surface area contributed by atoms with Crippen LogP contribution in [0.15, 0.2) is 10.5 Å². The van der Waals surface area contributed by atoms with Crippen molar-refractivity contribution < 1.29 is 4.42 Å². The van der Waals surface area contributed by atoms with E-state index in [9.17, 15) is 0 Å². The molecule has 102 valence electrons. The van der Waals surface area contributed by atoms with Gasteiger partial charge in [-0.2, -0.15) is 5.10 Å². The number of H-pyrrole nitrogens is 1. The number of aryl methyl sites for hydroxylation is 2. The second-order valence-electron chi connectivity index (χ2n) is 5.14. The molecule has 0 radical (unpaired) electrons. The van der Waals surface area contributed by atoms with E-state index in [0.717, 1.165) is 30.3 Å². The second kappa shape index (κ2) is 5.17. The highest BCUT2D eigenvalue weighted by atomic mass is 16.3. The minimum Gasteiger partial charge on any atom is -0.457 e. The molecule has 1 fully saturated rings. The summed E-state index contributed by atoms with van der Waals surface area (Å²) in [4.78, 5) is 6.81. The maximum absolute atomic E-state index is 5.90. The fraction of sp³-hybridized carbons (Fsp3) is 0.571. The summed E-state index contributed by atoms with van der Waals surface area (Å²) in [5, 5.41) is 7.02. The van der Waals surface area contributed by atoms with E-state index in [1.807, 2.05) is 6.92 Å². The van der Waals surface area contributed by atoms with Crippen LogP contribution in [0.5, 0.6) is 0 Å². The quantitative estimate of drug-likeness (QED) is 0.917. The van der Waals surface area contributed by atoms with Crippen LogP contribution in [-0.2, 0) is 13.0 Å². The highest BCUT2D eigenvalue weighted by molar-refractivity contribution is 5.49. The third kappa shape index (κ3) is 2.56. The smallest absolute Gasteiger partial charge is 0.216 e. The molecular formula is C14H20N4O.